The van der Waals surface area contributed by atoms with Crippen LogP contribution in [0.1, 0.15) is 132 Å². The van der Waals surface area contributed by atoms with Crippen LogP contribution >= 0.6 is 0 Å². The molecular formula is C73H80F4O15S2. The number of halogens is 4. The van der Waals surface area contributed by atoms with Crippen LogP contribution in [0.25, 0.3) is 10.8 Å². The van der Waals surface area contributed by atoms with Crippen molar-refractivity contribution in [3.8, 4) is 17.2 Å². The quantitative estimate of drug-likeness (QED) is 0.0181. The fourth-order valence-electron chi connectivity index (χ4n) is 9.80. The van der Waals surface area contributed by atoms with Crippen molar-refractivity contribution in [2.45, 2.75) is 172 Å². The molecule has 3 saturated heterocycles. The third-order valence-electron chi connectivity index (χ3n) is 17.4. The van der Waals surface area contributed by atoms with E-state index in [-0.39, 0.29) is 71.2 Å². The van der Waals surface area contributed by atoms with E-state index in [2.05, 4.69) is 126 Å². The highest BCUT2D eigenvalue weighted by molar-refractivity contribution is 7.97. The third-order valence-corrected chi connectivity index (χ3v) is 20.5. The van der Waals surface area contributed by atoms with Gasteiger partial charge in [-0.15, -0.1) is 0 Å². The van der Waals surface area contributed by atoms with E-state index in [0.717, 1.165) is 24.8 Å². The standard InChI is InChI=1S/C18H20O2.C18H15S.C13H18O5.C12H12F4O5S.C12H16O3/c1-4-18(2,3)17(19)20-15-11-13-9-5-7-12-8-6-10-14(15)16(12)13;1-4-10-16(11-5-1)19(17-12-6-2-7-13-17)18-14-8-3-9-15-18;1-4-13(2,3)12(15)18-9-7-5-6-8(16-7)10(9)17-11(6)14;1-4-12(2,3)11(17)21-9-5(13)7(15)10(22(18,19)20)8(16)6(9)14;1-4-12(2,3)11(14)15-10-7-5-9(13)6-8-10/h5-10,15H,4,11H2,1-3H3;1-15H;6-10H,4-5H2,1-3H3;4H2,1-3H3,(H,18,19,20);5-8,13H,4H2,1-3H3/q;+1;;;/p-1. The monoisotopic (exact) mass is 1340 g/mol. The number of carbonyl (C=O) groups excluding carboxylic acids is 5. The largest absolute Gasteiger partial charge is 0.744 e. The Morgan fingerprint density at radius 1 is 0.564 bits per heavy atom. The van der Waals surface area contributed by atoms with Gasteiger partial charge >= 0.3 is 29.8 Å². The van der Waals surface area contributed by atoms with Crippen molar-refractivity contribution >= 4 is 61.6 Å². The first kappa shape index (κ1) is 73.3. The average molecular weight is 1340 g/mol. The zero-order valence-electron chi connectivity index (χ0n) is 54.6. The second-order valence-corrected chi connectivity index (χ2v) is 28.9. The molecule has 94 heavy (non-hydrogen) atoms. The van der Waals surface area contributed by atoms with Gasteiger partial charge in [0.25, 0.3) is 0 Å². The number of carbonyl (C=O) groups is 5. The molecule has 4 aliphatic rings. The predicted molar refractivity (Wildman–Crippen MR) is 344 cm³/mol. The van der Waals surface area contributed by atoms with Crippen LogP contribution in [0.15, 0.2) is 171 Å². The molecule has 6 atom stereocenters. The molecule has 0 spiro atoms. The zero-order valence-corrected chi connectivity index (χ0v) is 56.3. The number of ether oxygens (including phenoxy) is 6. The summed E-state index contributed by atoms with van der Waals surface area (Å²) in [6.45, 7) is 21.5. The fourth-order valence-corrected chi connectivity index (χ4v) is 12.5. The number of aromatic hydroxyl groups is 1. The molecule has 1 N–H and O–H groups in total. The maximum absolute atomic E-state index is 13.6. The Balaban J connectivity index is 0.000000167. The molecule has 7 aromatic rings. The second-order valence-electron chi connectivity index (χ2n) is 25.5. The van der Waals surface area contributed by atoms with Crippen LogP contribution in [0, 0.1) is 50.8 Å². The van der Waals surface area contributed by atoms with Gasteiger partial charge in [0.15, 0.2) is 38.5 Å². The molecule has 0 amide bonds. The molecule has 21 heteroatoms. The maximum atomic E-state index is 13.6. The van der Waals surface area contributed by atoms with Gasteiger partial charge in [0.2, 0.25) is 17.4 Å². The third kappa shape index (κ3) is 17.0. The lowest BCUT2D eigenvalue weighted by Gasteiger charge is -2.27. The number of benzene rings is 7. The first-order valence-electron chi connectivity index (χ1n) is 30.9. The number of hydrogen-bond donors (Lipinski definition) is 1. The van der Waals surface area contributed by atoms with Gasteiger partial charge in [-0.1, -0.05) is 119 Å². The molecule has 0 aromatic heterocycles. The van der Waals surface area contributed by atoms with E-state index in [4.69, 9.17) is 28.8 Å². The van der Waals surface area contributed by atoms with E-state index in [0.29, 0.717) is 18.6 Å². The van der Waals surface area contributed by atoms with E-state index in [1.165, 1.54) is 57.0 Å². The first-order valence-corrected chi connectivity index (χ1v) is 33.6. The zero-order chi connectivity index (χ0) is 69.3. The van der Waals surface area contributed by atoms with E-state index in [1.54, 1.807) is 19.1 Å². The Labute approximate surface area is 549 Å². The number of phenols is 1. The molecule has 1 aliphatic carbocycles. The Hall–Kier alpha value is -8.11. The number of phenolic OH excluding ortho intramolecular Hbond substituents is 1. The fraction of sp³-hybridized carbons (Fsp3) is 0.384. The highest BCUT2D eigenvalue weighted by Crippen LogP contribution is 2.48. The van der Waals surface area contributed by atoms with Crippen LogP contribution in [0.2, 0.25) is 0 Å². The molecule has 11 rings (SSSR count). The molecule has 3 fully saturated rings. The van der Waals surface area contributed by atoms with E-state index in [1.807, 2.05) is 68.4 Å². The van der Waals surface area contributed by atoms with Gasteiger partial charge in [-0.3, -0.25) is 24.0 Å². The second kappa shape index (κ2) is 30.5. The van der Waals surface area contributed by atoms with Crippen LogP contribution in [-0.2, 0) is 70.4 Å². The van der Waals surface area contributed by atoms with Crippen molar-refractivity contribution in [3.05, 3.63) is 186 Å². The lowest BCUT2D eigenvalue weighted by Crippen LogP contribution is -2.42. The number of esters is 5. The molecule has 502 valence electrons. The Morgan fingerprint density at radius 3 is 1.46 bits per heavy atom. The molecule has 2 bridgehead atoms. The SMILES string of the molecule is CCC(C)(C)C(=O)OC1C2CC3C(=O)OC1C3O2.CCC(C)(C)C(=O)OC1Cc2cccc3cccc1c23.CCC(C)(C)C(=O)Oc1c(F)c(F)c(S(=O)(=O)[O-])c(F)c1F.CCC(C)(C)C(=O)Oc1ccc(O)cc1.c1ccc([S+](c2ccccc2)c2ccccc2)cc1. The van der Waals surface area contributed by atoms with Gasteiger partial charge in [-0.2, -0.15) is 8.78 Å². The molecule has 6 unspecified atom stereocenters. The van der Waals surface area contributed by atoms with Crippen LogP contribution in [0.4, 0.5) is 17.6 Å². The molecule has 0 saturated carbocycles. The smallest absolute Gasteiger partial charge is 0.317 e. The normalized spacial score (nSPS) is 18.4. The molecule has 15 nitrogen and oxygen atoms in total. The number of hydrogen-bond acceptors (Lipinski definition) is 15. The highest BCUT2D eigenvalue weighted by Gasteiger charge is 2.65. The summed E-state index contributed by atoms with van der Waals surface area (Å²) in [4.78, 5) is 61.0. The summed E-state index contributed by atoms with van der Waals surface area (Å²) in [5.41, 5.74) is -0.178. The van der Waals surface area contributed by atoms with Crippen LogP contribution in [-0.4, -0.2) is 72.3 Å². The Bertz CT molecular complexity index is 3810. The molecule has 7 aromatic carbocycles. The summed E-state index contributed by atoms with van der Waals surface area (Å²) in [7, 11) is -5.82. The van der Waals surface area contributed by atoms with Crippen molar-refractivity contribution < 1.29 is 88.0 Å². The summed E-state index contributed by atoms with van der Waals surface area (Å²) in [6.07, 6.45) is 2.50. The van der Waals surface area contributed by atoms with Gasteiger partial charge < -0.3 is 38.1 Å². The molecule has 0 radical (unpaired) electrons. The van der Waals surface area contributed by atoms with Crippen LogP contribution in [0.5, 0.6) is 17.2 Å². The Kier molecular flexibility index (Phi) is 23.8. The minimum atomic E-state index is -5.81. The lowest BCUT2D eigenvalue weighted by molar-refractivity contribution is -0.169. The Morgan fingerprint density at radius 2 is 1.00 bits per heavy atom. The minimum Gasteiger partial charge on any atom is -0.744 e. The van der Waals surface area contributed by atoms with Crippen molar-refractivity contribution in [3.63, 3.8) is 0 Å². The van der Waals surface area contributed by atoms with Crippen molar-refractivity contribution in [1.82, 2.24) is 0 Å². The summed E-state index contributed by atoms with van der Waals surface area (Å²) in [5.74, 6) is -12.7. The summed E-state index contributed by atoms with van der Waals surface area (Å²) in [5, 5.41) is 11.6. The van der Waals surface area contributed by atoms with Crippen LogP contribution in [0.3, 0.4) is 0 Å². The topological polar surface area (TPSA) is 218 Å². The van der Waals surface area contributed by atoms with Gasteiger partial charge in [-0.05, 0) is 164 Å². The predicted octanol–water partition coefficient (Wildman–Crippen LogP) is 15.5. The van der Waals surface area contributed by atoms with Gasteiger partial charge in [-0.25, -0.2) is 17.2 Å². The van der Waals surface area contributed by atoms with Gasteiger partial charge in [0.05, 0.1) is 44.6 Å². The van der Waals surface area contributed by atoms with Crippen molar-refractivity contribution in [2.75, 3.05) is 0 Å². The van der Waals surface area contributed by atoms with Gasteiger partial charge in [0, 0.05) is 12.0 Å². The summed E-state index contributed by atoms with van der Waals surface area (Å²) in [6, 6.07) is 50.8. The molecule has 3 aliphatic heterocycles. The van der Waals surface area contributed by atoms with E-state index >= 15 is 0 Å². The van der Waals surface area contributed by atoms with Crippen molar-refractivity contribution in [1.29, 1.82) is 0 Å². The molecule has 3 heterocycles. The van der Waals surface area contributed by atoms with Crippen LogP contribution < -0.4 is 9.47 Å². The maximum Gasteiger partial charge on any atom is 0.317 e. The summed E-state index contributed by atoms with van der Waals surface area (Å²) >= 11 is 0. The number of fused-ring (bicyclic) bond motifs is 1. The first-order chi connectivity index (χ1) is 44.2. The van der Waals surface area contributed by atoms with Gasteiger partial charge in [0.1, 0.15) is 38.7 Å². The number of rotatable bonds is 16. The molecular weight excluding hydrogens is 1260 g/mol. The lowest BCUT2D eigenvalue weighted by atomic mass is 9.87. The minimum absolute atomic E-state index is 0.0146. The van der Waals surface area contributed by atoms with E-state index in [9.17, 15) is 54.5 Å². The van der Waals surface area contributed by atoms with E-state index < -0.39 is 83.9 Å². The highest BCUT2D eigenvalue weighted by atomic mass is 32.2. The summed E-state index contributed by atoms with van der Waals surface area (Å²) < 4.78 is 118. The average Bonchev–Trinajstić information content (AvgIpc) is 1.52. The van der Waals surface area contributed by atoms with Crippen molar-refractivity contribution in [2.24, 2.45) is 27.6 Å².